The lowest BCUT2D eigenvalue weighted by Gasteiger charge is -2.17. The molecular formula is C14H16ClN3O2. The van der Waals surface area contributed by atoms with Crippen LogP contribution in [-0.2, 0) is 0 Å². The lowest BCUT2D eigenvalue weighted by molar-refractivity contribution is 0.0773. The van der Waals surface area contributed by atoms with Gasteiger partial charge in [0.05, 0.1) is 23.3 Å². The first-order valence-electron chi connectivity index (χ1n) is 6.22. The standard InChI is InChI=1S/C14H16ClN3O2/c1-10-11(9-16-17-10)14(19)18(2)7-8-20-13-6-4-3-5-12(13)15/h3-6,9H,7-8H2,1-2H3,(H,16,17). The number of halogens is 1. The van der Waals surface area contributed by atoms with E-state index in [4.69, 9.17) is 16.3 Å². The number of hydrogen-bond donors (Lipinski definition) is 1. The second-order valence-corrected chi connectivity index (χ2v) is 4.82. The highest BCUT2D eigenvalue weighted by atomic mass is 35.5. The molecule has 1 aromatic carbocycles. The van der Waals surface area contributed by atoms with Gasteiger partial charge in [0.1, 0.15) is 12.4 Å². The first kappa shape index (κ1) is 14.4. The van der Waals surface area contributed by atoms with Crippen molar-refractivity contribution < 1.29 is 9.53 Å². The van der Waals surface area contributed by atoms with E-state index in [1.54, 1.807) is 24.1 Å². The number of H-pyrrole nitrogens is 1. The van der Waals surface area contributed by atoms with Crippen LogP contribution in [0.25, 0.3) is 0 Å². The lowest BCUT2D eigenvalue weighted by atomic mass is 10.2. The summed E-state index contributed by atoms with van der Waals surface area (Å²) in [6, 6.07) is 7.25. The highest BCUT2D eigenvalue weighted by Crippen LogP contribution is 2.22. The van der Waals surface area contributed by atoms with Gasteiger partial charge in [-0.1, -0.05) is 23.7 Å². The molecule has 0 spiro atoms. The Balaban J connectivity index is 1.87. The van der Waals surface area contributed by atoms with Crippen LogP contribution in [0.3, 0.4) is 0 Å². The third-order valence-corrected chi connectivity index (χ3v) is 3.24. The van der Waals surface area contributed by atoms with E-state index in [2.05, 4.69) is 10.2 Å². The zero-order chi connectivity index (χ0) is 14.5. The number of amides is 1. The molecule has 1 heterocycles. The number of aromatic nitrogens is 2. The smallest absolute Gasteiger partial charge is 0.257 e. The minimum atomic E-state index is -0.0843. The predicted molar refractivity (Wildman–Crippen MR) is 77.2 cm³/mol. The van der Waals surface area contributed by atoms with Crippen molar-refractivity contribution in [3.05, 3.63) is 46.7 Å². The van der Waals surface area contributed by atoms with E-state index < -0.39 is 0 Å². The van der Waals surface area contributed by atoms with E-state index in [9.17, 15) is 4.79 Å². The van der Waals surface area contributed by atoms with Crippen LogP contribution >= 0.6 is 11.6 Å². The number of hydrogen-bond acceptors (Lipinski definition) is 3. The second-order valence-electron chi connectivity index (χ2n) is 4.41. The van der Waals surface area contributed by atoms with Crippen LogP contribution in [0.2, 0.25) is 5.02 Å². The maximum atomic E-state index is 12.1. The van der Waals surface area contributed by atoms with Gasteiger partial charge < -0.3 is 9.64 Å². The normalized spacial score (nSPS) is 10.3. The summed E-state index contributed by atoms with van der Waals surface area (Å²) in [6.45, 7) is 2.66. The highest BCUT2D eigenvalue weighted by Gasteiger charge is 2.15. The van der Waals surface area contributed by atoms with E-state index in [0.29, 0.717) is 29.5 Å². The molecule has 6 heteroatoms. The van der Waals surface area contributed by atoms with Gasteiger partial charge in [0.15, 0.2) is 0 Å². The largest absolute Gasteiger partial charge is 0.490 e. The SMILES string of the molecule is Cc1[nH]ncc1C(=O)N(C)CCOc1ccccc1Cl. The van der Waals surface area contributed by atoms with Crippen molar-refractivity contribution in [2.45, 2.75) is 6.92 Å². The number of benzene rings is 1. The summed E-state index contributed by atoms with van der Waals surface area (Å²) >= 11 is 5.99. The number of aryl methyl sites for hydroxylation is 1. The summed E-state index contributed by atoms with van der Waals surface area (Å²) in [5, 5.41) is 7.15. The Bertz CT molecular complexity index is 598. The average Bonchev–Trinajstić information content (AvgIpc) is 2.86. The van der Waals surface area contributed by atoms with Crippen LogP contribution < -0.4 is 4.74 Å². The third kappa shape index (κ3) is 3.30. The Labute approximate surface area is 122 Å². The zero-order valence-electron chi connectivity index (χ0n) is 11.4. The van der Waals surface area contributed by atoms with E-state index in [1.807, 2.05) is 19.1 Å². The van der Waals surface area contributed by atoms with E-state index in [0.717, 1.165) is 5.69 Å². The molecule has 0 saturated carbocycles. The molecule has 0 saturated heterocycles. The maximum absolute atomic E-state index is 12.1. The summed E-state index contributed by atoms with van der Waals surface area (Å²) in [4.78, 5) is 13.7. The minimum absolute atomic E-state index is 0.0843. The number of carbonyl (C=O) groups excluding carboxylic acids is 1. The summed E-state index contributed by atoms with van der Waals surface area (Å²) < 4.78 is 5.56. The number of para-hydroxylation sites is 1. The second kappa shape index (κ2) is 6.43. The molecule has 0 fully saturated rings. The molecule has 106 valence electrons. The number of likely N-dealkylation sites (N-methyl/N-ethyl adjacent to an activating group) is 1. The summed E-state index contributed by atoms with van der Waals surface area (Å²) in [6.07, 6.45) is 1.53. The quantitative estimate of drug-likeness (QED) is 0.921. The number of nitrogens with zero attached hydrogens (tertiary/aromatic N) is 2. The van der Waals surface area contributed by atoms with E-state index >= 15 is 0 Å². The predicted octanol–water partition coefficient (Wildman–Crippen LogP) is 2.52. The van der Waals surface area contributed by atoms with Gasteiger partial charge in [-0.05, 0) is 19.1 Å². The lowest BCUT2D eigenvalue weighted by Crippen LogP contribution is -2.31. The van der Waals surface area contributed by atoms with Crippen molar-refractivity contribution in [2.75, 3.05) is 20.2 Å². The molecular weight excluding hydrogens is 278 g/mol. The van der Waals surface area contributed by atoms with Crippen molar-refractivity contribution in [1.29, 1.82) is 0 Å². The van der Waals surface area contributed by atoms with Crippen LogP contribution in [0, 0.1) is 6.92 Å². The molecule has 0 bridgehead atoms. The van der Waals surface area contributed by atoms with Gasteiger partial charge in [-0.2, -0.15) is 5.10 Å². The number of aromatic amines is 1. The number of carbonyl (C=O) groups is 1. The minimum Gasteiger partial charge on any atom is -0.490 e. The van der Waals surface area contributed by atoms with Crippen molar-refractivity contribution in [3.63, 3.8) is 0 Å². The molecule has 0 aliphatic carbocycles. The fraction of sp³-hybridized carbons (Fsp3) is 0.286. The number of rotatable bonds is 5. The molecule has 0 aliphatic rings. The van der Waals surface area contributed by atoms with Gasteiger partial charge in [0.2, 0.25) is 0 Å². The molecule has 1 aromatic heterocycles. The Morgan fingerprint density at radius 3 is 2.85 bits per heavy atom. The molecule has 0 atom stereocenters. The molecule has 0 unspecified atom stereocenters. The average molecular weight is 294 g/mol. The van der Waals surface area contributed by atoms with Gasteiger partial charge in [0.25, 0.3) is 5.91 Å². The van der Waals surface area contributed by atoms with Crippen LogP contribution in [0.4, 0.5) is 0 Å². The Kier molecular flexibility index (Phi) is 4.63. The molecule has 2 aromatic rings. The van der Waals surface area contributed by atoms with Gasteiger partial charge in [-0.3, -0.25) is 9.89 Å². The number of ether oxygens (including phenoxy) is 1. The topological polar surface area (TPSA) is 58.2 Å². The highest BCUT2D eigenvalue weighted by molar-refractivity contribution is 6.32. The van der Waals surface area contributed by atoms with Crippen LogP contribution in [0.5, 0.6) is 5.75 Å². The fourth-order valence-corrected chi connectivity index (χ4v) is 1.92. The van der Waals surface area contributed by atoms with Crippen molar-refractivity contribution in [1.82, 2.24) is 15.1 Å². The number of nitrogens with one attached hydrogen (secondary N) is 1. The third-order valence-electron chi connectivity index (χ3n) is 2.93. The van der Waals surface area contributed by atoms with Crippen LogP contribution in [0.15, 0.2) is 30.5 Å². The molecule has 0 aliphatic heterocycles. The van der Waals surface area contributed by atoms with Crippen LogP contribution in [-0.4, -0.2) is 41.2 Å². The van der Waals surface area contributed by atoms with Gasteiger partial charge in [0, 0.05) is 12.7 Å². The molecule has 5 nitrogen and oxygen atoms in total. The first-order chi connectivity index (χ1) is 9.59. The van der Waals surface area contributed by atoms with Crippen LogP contribution in [0.1, 0.15) is 16.1 Å². The van der Waals surface area contributed by atoms with Crippen molar-refractivity contribution in [2.24, 2.45) is 0 Å². The summed E-state index contributed by atoms with van der Waals surface area (Å²) in [7, 11) is 1.73. The summed E-state index contributed by atoms with van der Waals surface area (Å²) in [5.41, 5.74) is 1.33. The first-order valence-corrected chi connectivity index (χ1v) is 6.60. The maximum Gasteiger partial charge on any atom is 0.257 e. The summed E-state index contributed by atoms with van der Waals surface area (Å²) in [5.74, 6) is 0.536. The Morgan fingerprint density at radius 1 is 1.45 bits per heavy atom. The van der Waals surface area contributed by atoms with Gasteiger partial charge in [-0.25, -0.2) is 0 Å². The Hall–Kier alpha value is -2.01. The Morgan fingerprint density at radius 2 is 2.20 bits per heavy atom. The molecule has 1 N–H and O–H groups in total. The molecule has 0 radical (unpaired) electrons. The fourth-order valence-electron chi connectivity index (χ4n) is 1.73. The molecule has 1 amide bonds. The van der Waals surface area contributed by atoms with E-state index in [1.165, 1.54) is 6.20 Å². The van der Waals surface area contributed by atoms with E-state index in [-0.39, 0.29) is 5.91 Å². The van der Waals surface area contributed by atoms with Crippen molar-refractivity contribution >= 4 is 17.5 Å². The molecule has 20 heavy (non-hydrogen) atoms. The monoisotopic (exact) mass is 293 g/mol. The molecule has 2 rings (SSSR count). The van der Waals surface area contributed by atoms with Crippen molar-refractivity contribution in [3.8, 4) is 5.75 Å². The van der Waals surface area contributed by atoms with Gasteiger partial charge >= 0.3 is 0 Å². The zero-order valence-corrected chi connectivity index (χ0v) is 12.1. The van der Waals surface area contributed by atoms with Gasteiger partial charge in [-0.15, -0.1) is 0 Å².